The van der Waals surface area contributed by atoms with Gasteiger partial charge in [0.15, 0.2) is 0 Å². The van der Waals surface area contributed by atoms with Crippen LogP contribution in [0.5, 0.6) is 0 Å². The third-order valence-corrected chi connectivity index (χ3v) is 3.34. The van der Waals surface area contributed by atoms with Crippen LogP contribution >= 0.6 is 15.9 Å². The van der Waals surface area contributed by atoms with Gasteiger partial charge in [0.25, 0.3) is 0 Å². The summed E-state index contributed by atoms with van der Waals surface area (Å²) in [6.07, 6.45) is 1.51. The van der Waals surface area contributed by atoms with Crippen LogP contribution in [0.1, 0.15) is 0 Å². The molecule has 1 N–H and O–H groups in total. The van der Waals surface area contributed by atoms with Gasteiger partial charge < -0.3 is 0 Å². The van der Waals surface area contributed by atoms with Crippen LogP contribution in [0.3, 0.4) is 0 Å². The number of aromatic nitrogens is 1. The summed E-state index contributed by atoms with van der Waals surface area (Å²) in [6.45, 7) is 0. The van der Waals surface area contributed by atoms with E-state index in [1.54, 1.807) is 12.1 Å². The molecule has 0 atom stereocenters. The molecule has 1 heterocycles. The zero-order valence-electron chi connectivity index (χ0n) is 7.73. The molecule has 0 radical (unpaired) electrons. The summed E-state index contributed by atoms with van der Waals surface area (Å²) in [6, 6.07) is 3.16. The van der Waals surface area contributed by atoms with E-state index >= 15 is 0 Å². The quantitative estimate of drug-likeness (QED) is 0.842. The highest BCUT2D eigenvalue weighted by atomic mass is 79.9. The summed E-state index contributed by atoms with van der Waals surface area (Å²) in [4.78, 5) is 3.88. The molecule has 0 unspecified atom stereocenters. The van der Waals surface area contributed by atoms with E-state index in [1.807, 2.05) is 0 Å². The number of hydrogen-bond donors (Lipinski definition) is 1. The summed E-state index contributed by atoms with van der Waals surface area (Å²) in [7, 11) is -0.519. The standard InChI is InChI=1S/C7H10BrN3O2S/c1-11(2)14(12,13)10-6-3-4-9-7(8)5-6/h3-5H,1-2H3,(H,9,10). The van der Waals surface area contributed by atoms with E-state index in [4.69, 9.17) is 0 Å². The van der Waals surface area contributed by atoms with E-state index in [2.05, 4.69) is 25.6 Å². The first-order valence-corrected chi connectivity index (χ1v) is 5.97. The van der Waals surface area contributed by atoms with Crippen LogP contribution in [0.25, 0.3) is 0 Å². The van der Waals surface area contributed by atoms with Crippen LogP contribution < -0.4 is 4.72 Å². The smallest absolute Gasteiger partial charge is 0.271 e. The molecule has 1 aromatic rings. The van der Waals surface area contributed by atoms with Crippen molar-refractivity contribution in [2.75, 3.05) is 18.8 Å². The van der Waals surface area contributed by atoms with Gasteiger partial charge in [-0.2, -0.15) is 12.7 Å². The molecule has 1 rings (SSSR count). The lowest BCUT2D eigenvalue weighted by Crippen LogP contribution is -2.28. The van der Waals surface area contributed by atoms with Gasteiger partial charge in [0.1, 0.15) is 4.60 Å². The first kappa shape index (κ1) is 11.4. The predicted molar refractivity (Wildman–Crippen MR) is 58.2 cm³/mol. The molecule has 0 aromatic carbocycles. The molecule has 78 valence electrons. The molecule has 0 aliphatic heterocycles. The Balaban J connectivity index is 2.90. The summed E-state index contributed by atoms with van der Waals surface area (Å²) in [5, 5.41) is 0. The second kappa shape index (κ2) is 4.24. The number of rotatable bonds is 3. The van der Waals surface area contributed by atoms with Gasteiger partial charge in [-0.15, -0.1) is 0 Å². The number of hydrogen-bond acceptors (Lipinski definition) is 3. The lowest BCUT2D eigenvalue weighted by atomic mass is 10.4. The fourth-order valence-electron chi connectivity index (χ4n) is 0.706. The van der Waals surface area contributed by atoms with Gasteiger partial charge in [-0.25, -0.2) is 4.98 Å². The molecule has 0 fully saturated rings. The molecule has 5 nitrogen and oxygen atoms in total. The van der Waals surface area contributed by atoms with E-state index in [9.17, 15) is 8.42 Å². The molecule has 0 spiro atoms. The summed E-state index contributed by atoms with van der Waals surface area (Å²) in [5.74, 6) is 0. The maximum atomic E-state index is 11.4. The van der Waals surface area contributed by atoms with Crippen LogP contribution in [0, 0.1) is 0 Å². The van der Waals surface area contributed by atoms with Gasteiger partial charge in [-0.3, -0.25) is 4.72 Å². The van der Waals surface area contributed by atoms with Crippen LogP contribution in [0.2, 0.25) is 0 Å². The average molecular weight is 280 g/mol. The molecule has 0 saturated heterocycles. The van der Waals surface area contributed by atoms with Gasteiger partial charge in [0.2, 0.25) is 0 Å². The highest BCUT2D eigenvalue weighted by Crippen LogP contribution is 2.14. The Labute approximate surface area is 91.5 Å². The van der Waals surface area contributed by atoms with Crippen LogP contribution in [0.4, 0.5) is 5.69 Å². The largest absolute Gasteiger partial charge is 0.301 e. The van der Waals surface area contributed by atoms with Crippen molar-refractivity contribution in [3.05, 3.63) is 22.9 Å². The highest BCUT2D eigenvalue weighted by Gasteiger charge is 2.12. The third-order valence-electron chi connectivity index (χ3n) is 1.45. The molecule has 0 bridgehead atoms. The SMILES string of the molecule is CN(C)S(=O)(=O)Nc1ccnc(Br)c1. The minimum Gasteiger partial charge on any atom is -0.271 e. The minimum absolute atomic E-state index is 0.473. The van der Waals surface area contributed by atoms with Crippen molar-refractivity contribution in [2.45, 2.75) is 0 Å². The monoisotopic (exact) mass is 279 g/mol. The highest BCUT2D eigenvalue weighted by molar-refractivity contribution is 9.10. The zero-order chi connectivity index (χ0) is 10.8. The Morgan fingerprint density at radius 3 is 2.64 bits per heavy atom. The van der Waals surface area contributed by atoms with Gasteiger partial charge >= 0.3 is 10.2 Å². The lowest BCUT2D eigenvalue weighted by molar-refractivity contribution is 0.527. The Bertz CT molecular complexity index is 419. The third kappa shape index (κ3) is 2.93. The van der Waals surface area contributed by atoms with Crippen LogP contribution in [-0.4, -0.2) is 31.8 Å². The first-order valence-electron chi connectivity index (χ1n) is 3.73. The van der Waals surface area contributed by atoms with Crippen molar-refractivity contribution in [1.29, 1.82) is 0 Å². The maximum Gasteiger partial charge on any atom is 0.301 e. The van der Waals surface area contributed by atoms with E-state index in [0.29, 0.717) is 10.3 Å². The lowest BCUT2D eigenvalue weighted by Gasteiger charge is -2.12. The Hall–Kier alpha value is -0.660. The van der Waals surface area contributed by atoms with E-state index < -0.39 is 10.2 Å². The van der Waals surface area contributed by atoms with Crippen molar-refractivity contribution < 1.29 is 8.42 Å². The molecule has 0 aliphatic carbocycles. The number of halogens is 1. The number of nitrogens with zero attached hydrogens (tertiary/aromatic N) is 2. The Kier molecular flexibility index (Phi) is 3.46. The maximum absolute atomic E-state index is 11.4. The van der Waals surface area contributed by atoms with Crippen molar-refractivity contribution in [3.8, 4) is 0 Å². The molecular weight excluding hydrogens is 270 g/mol. The van der Waals surface area contributed by atoms with Gasteiger partial charge in [0.05, 0.1) is 5.69 Å². The fourth-order valence-corrected chi connectivity index (χ4v) is 1.68. The first-order chi connectivity index (χ1) is 6.42. The topological polar surface area (TPSA) is 62.3 Å². The fraction of sp³-hybridized carbons (Fsp3) is 0.286. The summed E-state index contributed by atoms with van der Waals surface area (Å²) in [5.41, 5.74) is 0.473. The van der Waals surface area contributed by atoms with E-state index in [0.717, 1.165) is 4.31 Å². The summed E-state index contributed by atoms with van der Waals surface area (Å²) >= 11 is 3.15. The van der Waals surface area contributed by atoms with Gasteiger partial charge in [0, 0.05) is 20.3 Å². The molecule has 7 heteroatoms. The molecule has 1 aromatic heterocycles. The van der Waals surface area contributed by atoms with E-state index in [1.165, 1.54) is 20.3 Å². The molecule has 0 saturated carbocycles. The van der Waals surface area contributed by atoms with Crippen LogP contribution in [0.15, 0.2) is 22.9 Å². The second-order valence-corrected chi connectivity index (χ2v) is 5.45. The molecule has 0 aliphatic rings. The number of nitrogens with one attached hydrogen (secondary N) is 1. The van der Waals surface area contributed by atoms with E-state index in [-0.39, 0.29) is 0 Å². The Morgan fingerprint density at radius 1 is 1.50 bits per heavy atom. The average Bonchev–Trinajstić information content (AvgIpc) is 2.02. The van der Waals surface area contributed by atoms with Crippen molar-refractivity contribution in [2.24, 2.45) is 0 Å². The molecule has 14 heavy (non-hydrogen) atoms. The minimum atomic E-state index is -3.43. The Morgan fingerprint density at radius 2 is 2.14 bits per heavy atom. The van der Waals surface area contributed by atoms with Gasteiger partial charge in [-0.1, -0.05) is 0 Å². The zero-order valence-corrected chi connectivity index (χ0v) is 10.1. The van der Waals surface area contributed by atoms with Crippen molar-refractivity contribution in [1.82, 2.24) is 9.29 Å². The van der Waals surface area contributed by atoms with Gasteiger partial charge in [-0.05, 0) is 28.1 Å². The van der Waals surface area contributed by atoms with Crippen LogP contribution in [-0.2, 0) is 10.2 Å². The number of pyridine rings is 1. The summed E-state index contributed by atoms with van der Waals surface area (Å²) < 4.78 is 26.8. The van der Waals surface area contributed by atoms with Crippen molar-refractivity contribution >= 4 is 31.8 Å². The predicted octanol–water partition coefficient (Wildman–Crippen LogP) is 1.06. The number of anilines is 1. The second-order valence-electron chi connectivity index (χ2n) is 2.76. The normalized spacial score (nSPS) is 11.7. The molecular formula is C7H10BrN3O2S. The van der Waals surface area contributed by atoms with Crippen molar-refractivity contribution in [3.63, 3.8) is 0 Å². The molecule has 0 amide bonds.